The van der Waals surface area contributed by atoms with Crippen LogP contribution in [-0.2, 0) is 6.42 Å². The molecule has 2 aromatic heterocycles. The number of fused-ring (bicyclic) bond motifs is 1. The maximum absolute atomic E-state index is 12.7. The van der Waals surface area contributed by atoms with Crippen molar-refractivity contribution in [2.45, 2.75) is 32.7 Å². The van der Waals surface area contributed by atoms with Crippen molar-refractivity contribution in [3.63, 3.8) is 0 Å². The van der Waals surface area contributed by atoms with Gasteiger partial charge in [0.1, 0.15) is 0 Å². The largest absolute Gasteiger partial charge is 0.331 e. The molecule has 20 heavy (non-hydrogen) atoms. The molecule has 3 nitrogen and oxygen atoms in total. The predicted molar refractivity (Wildman–Crippen MR) is 81.1 cm³/mol. The summed E-state index contributed by atoms with van der Waals surface area (Å²) < 4.78 is 0. The normalized spacial score (nSPS) is 17.9. The number of amides is 1. The first-order chi connectivity index (χ1) is 9.70. The van der Waals surface area contributed by atoms with E-state index in [-0.39, 0.29) is 11.9 Å². The molecule has 104 valence electrons. The first-order valence-corrected chi connectivity index (χ1v) is 7.88. The monoisotopic (exact) mass is 286 g/mol. The average Bonchev–Trinajstić information content (AvgIpc) is 2.94. The maximum atomic E-state index is 12.7. The number of carbonyl (C=O) groups is 1. The summed E-state index contributed by atoms with van der Waals surface area (Å²) in [6.07, 6.45) is 3.61. The van der Waals surface area contributed by atoms with Crippen LogP contribution in [0.3, 0.4) is 0 Å². The van der Waals surface area contributed by atoms with Crippen LogP contribution in [0.25, 0.3) is 0 Å². The fraction of sp³-hybridized carbons (Fsp3) is 0.375. The minimum absolute atomic E-state index is 0.0983. The molecule has 0 N–H and O–H groups in total. The second kappa shape index (κ2) is 5.37. The Morgan fingerprint density at radius 2 is 2.30 bits per heavy atom. The van der Waals surface area contributed by atoms with Crippen molar-refractivity contribution in [3.8, 4) is 0 Å². The predicted octanol–water partition coefficient (Wildman–Crippen LogP) is 3.60. The van der Waals surface area contributed by atoms with Crippen molar-refractivity contribution in [2.24, 2.45) is 0 Å². The maximum Gasteiger partial charge on any atom is 0.255 e. The molecular formula is C16H18N2OS. The number of hydrogen-bond acceptors (Lipinski definition) is 3. The van der Waals surface area contributed by atoms with Crippen LogP contribution in [0.2, 0.25) is 0 Å². The second-order valence-electron chi connectivity index (χ2n) is 5.16. The van der Waals surface area contributed by atoms with Gasteiger partial charge in [-0.2, -0.15) is 0 Å². The van der Waals surface area contributed by atoms with E-state index in [9.17, 15) is 4.79 Å². The van der Waals surface area contributed by atoms with E-state index >= 15 is 0 Å². The zero-order valence-corrected chi connectivity index (χ0v) is 12.6. The number of aromatic nitrogens is 1. The molecule has 0 saturated carbocycles. The van der Waals surface area contributed by atoms with Crippen LogP contribution in [0.4, 0.5) is 0 Å². The quantitative estimate of drug-likeness (QED) is 0.845. The van der Waals surface area contributed by atoms with Crippen LogP contribution in [-0.4, -0.2) is 22.3 Å². The minimum atomic E-state index is 0.0983. The van der Waals surface area contributed by atoms with E-state index in [1.165, 1.54) is 10.4 Å². The summed E-state index contributed by atoms with van der Waals surface area (Å²) in [5, 5.41) is 2.13. The first-order valence-electron chi connectivity index (χ1n) is 7.00. The number of hydrogen-bond donors (Lipinski definition) is 0. The van der Waals surface area contributed by atoms with Gasteiger partial charge >= 0.3 is 0 Å². The van der Waals surface area contributed by atoms with Crippen molar-refractivity contribution in [3.05, 3.63) is 51.5 Å². The van der Waals surface area contributed by atoms with Crippen LogP contribution in [0.1, 0.15) is 45.9 Å². The summed E-state index contributed by atoms with van der Waals surface area (Å²) in [4.78, 5) is 20.4. The molecule has 0 unspecified atom stereocenters. The SMILES string of the molecule is CC[C@@H]1c2ccsc2CCN1C(=O)c1ccc(C)nc1. The molecule has 3 heterocycles. The molecule has 0 aromatic carbocycles. The molecule has 0 spiro atoms. The second-order valence-corrected chi connectivity index (χ2v) is 6.16. The van der Waals surface area contributed by atoms with Gasteiger partial charge in [0.15, 0.2) is 0 Å². The number of thiophene rings is 1. The molecule has 0 saturated heterocycles. The molecule has 3 rings (SSSR count). The van der Waals surface area contributed by atoms with E-state index in [1.807, 2.05) is 24.0 Å². The smallest absolute Gasteiger partial charge is 0.255 e. The van der Waals surface area contributed by atoms with Gasteiger partial charge in [-0.15, -0.1) is 11.3 Å². The summed E-state index contributed by atoms with van der Waals surface area (Å²) in [5.41, 5.74) is 2.96. The van der Waals surface area contributed by atoms with Gasteiger partial charge in [-0.05, 0) is 48.9 Å². The zero-order chi connectivity index (χ0) is 14.1. The first kappa shape index (κ1) is 13.3. The Labute approximate surface area is 123 Å². The van der Waals surface area contributed by atoms with Gasteiger partial charge < -0.3 is 4.90 Å². The summed E-state index contributed by atoms with van der Waals surface area (Å²) in [7, 11) is 0. The van der Waals surface area contributed by atoms with Crippen molar-refractivity contribution < 1.29 is 4.79 Å². The molecule has 0 fully saturated rings. The van der Waals surface area contributed by atoms with Crippen molar-refractivity contribution in [1.82, 2.24) is 9.88 Å². The summed E-state index contributed by atoms with van der Waals surface area (Å²) in [6.45, 7) is 4.88. The van der Waals surface area contributed by atoms with Crippen LogP contribution in [0.15, 0.2) is 29.8 Å². The molecular weight excluding hydrogens is 268 g/mol. The van der Waals surface area contributed by atoms with Crippen LogP contribution >= 0.6 is 11.3 Å². The highest BCUT2D eigenvalue weighted by Crippen LogP contribution is 2.35. The molecule has 2 aromatic rings. The topological polar surface area (TPSA) is 33.2 Å². The molecule has 1 aliphatic rings. The zero-order valence-electron chi connectivity index (χ0n) is 11.8. The molecule has 0 bridgehead atoms. The summed E-state index contributed by atoms with van der Waals surface area (Å²) in [6, 6.07) is 6.15. The number of rotatable bonds is 2. The van der Waals surface area contributed by atoms with Crippen LogP contribution < -0.4 is 0 Å². The van der Waals surface area contributed by atoms with Gasteiger partial charge in [0.05, 0.1) is 11.6 Å². The van der Waals surface area contributed by atoms with E-state index < -0.39 is 0 Å². The van der Waals surface area contributed by atoms with Crippen LogP contribution in [0.5, 0.6) is 0 Å². The lowest BCUT2D eigenvalue weighted by atomic mass is 9.97. The third-order valence-corrected chi connectivity index (χ3v) is 4.90. The van der Waals surface area contributed by atoms with Crippen molar-refractivity contribution in [2.75, 3.05) is 6.54 Å². The van der Waals surface area contributed by atoms with E-state index in [4.69, 9.17) is 0 Å². The molecule has 0 aliphatic carbocycles. The van der Waals surface area contributed by atoms with Crippen molar-refractivity contribution in [1.29, 1.82) is 0 Å². The standard InChI is InChI=1S/C16H18N2OS/c1-3-14-13-7-9-20-15(13)6-8-18(14)16(19)12-5-4-11(2)17-10-12/h4-5,7,9-10,14H,3,6,8H2,1-2H3/t14-/m1/s1. The van der Waals surface area contributed by atoms with Crippen LogP contribution in [0, 0.1) is 6.92 Å². The van der Waals surface area contributed by atoms with Gasteiger partial charge in [0.25, 0.3) is 5.91 Å². The Balaban J connectivity index is 1.90. The van der Waals surface area contributed by atoms with E-state index in [0.717, 1.165) is 25.1 Å². The fourth-order valence-corrected chi connectivity index (χ4v) is 3.77. The van der Waals surface area contributed by atoms with E-state index in [2.05, 4.69) is 23.4 Å². The van der Waals surface area contributed by atoms with Gasteiger partial charge in [0.2, 0.25) is 0 Å². The third kappa shape index (κ3) is 2.24. The number of nitrogens with zero attached hydrogens (tertiary/aromatic N) is 2. The molecule has 4 heteroatoms. The number of carbonyl (C=O) groups excluding carboxylic acids is 1. The van der Waals surface area contributed by atoms with Gasteiger partial charge in [-0.1, -0.05) is 6.92 Å². The Morgan fingerprint density at radius 3 is 3.00 bits per heavy atom. The van der Waals surface area contributed by atoms with E-state index in [1.54, 1.807) is 17.5 Å². The van der Waals surface area contributed by atoms with Gasteiger partial charge in [-0.25, -0.2) is 0 Å². The Hall–Kier alpha value is -1.68. The number of aryl methyl sites for hydroxylation is 1. The Bertz CT molecular complexity index is 618. The number of pyridine rings is 1. The average molecular weight is 286 g/mol. The van der Waals surface area contributed by atoms with Gasteiger partial charge in [-0.3, -0.25) is 9.78 Å². The van der Waals surface area contributed by atoms with E-state index in [0.29, 0.717) is 5.56 Å². The summed E-state index contributed by atoms with van der Waals surface area (Å²) >= 11 is 1.81. The highest BCUT2D eigenvalue weighted by atomic mass is 32.1. The molecule has 1 aliphatic heterocycles. The highest BCUT2D eigenvalue weighted by molar-refractivity contribution is 7.10. The summed E-state index contributed by atoms with van der Waals surface area (Å²) in [5.74, 6) is 0.0983. The lowest BCUT2D eigenvalue weighted by molar-refractivity contribution is 0.0657. The van der Waals surface area contributed by atoms with Crippen molar-refractivity contribution >= 4 is 17.2 Å². The Morgan fingerprint density at radius 1 is 1.45 bits per heavy atom. The highest BCUT2D eigenvalue weighted by Gasteiger charge is 2.30. The van der Waals surface area contributed by atoms with Gasteiger partial charge in [0, 0.05) is 23.3 Å². The lowest BCUT2D eigenvalue weighted by Crippen LogP contribution is -2.39. The lowest BCUT2D eigenvalue weighted by Gasteiger charge is -2.35. The molecule has 1 atom stereocenters. The molecule has 0 radical (unpaired) electrons. The fourth-order valence-electron chi connectivity index (χ4n) is 2.84. The third-order valence-electron chi connectivity index (χ3n) is 3.90. The minimum Gasteiger partial charge on any atom is -0.331 e. The molecule has 1 amide bonds. The Kier molecular flexibility index (Phi) is 3.57.